The Morgan fingerprint density at radius 1 is 1.38 bits per heavy atom. The Hall–Kier alpha value is -1.48. The molecule has 0 spiro atoms. The van der Waals surface area contributed by atoms with Crippen LogP contribution in [0.25, 0.3) is 0 Å². The zero-order chi connectivity index (χ0) is 11.8. The Morgan fingerprint density at radius 2 is 2.19 bits per heavy atom. The molecule has 1 aromatic rings. The van der Waals surface area contributed by atoms with Crippen molar-refractivity contribution < 1.29 is 9.47 Å². The summed E-state index contributed by atoms with van der Waals surface area (Å²) in [4.78, 5) is 0. The third kappa shape index (κ3) is 3.59. The number of ether oxygens (including phenoxy) is 2. The normalized spacial score (nSPS) is 10.7. The van der Waals surface area contributed by atoms with Crippen LogP contribution < -0.4 is 15.2 Å². The van der Waals surface area contributed by atoms with E-state index in [1.807, 2.05) is 37.3 Å². The lowest BCUT2D eigenvalue weighted by Gasteiger charge is -2.11. The Balaban J connectivity index is 2.80. The number of hydrogen-bond donors (Lipinski definition) is 1. The minimum Gasteiger partial charge on any atom is -0.497 e. The van der Waals surface area contributed by atoms with Gasteiger partial charge in [0.2, 0.25) is 0 Å². The molecule has 0 saturated carbocycles. The molecule has 0 aliphatic heterocycles. The van der Waals surface area contributed by atoms with Crippen LogP contribution in [0.2, 0.25) is 0 Å². The van der Waals surface area contributed by atoms with Gasteiger partial charge < -0.3 is 15.2 Å². The minimum atomic E-state index is 0.584. The lowest BCUT2D eigenvalue weighted by atomic mass is 10.1. The highest BCUT2D eigenvalue weighted by molar-refractivity contribution is 5.40. The lowest BCUT2D eigenvalue weighted by molar-refractivity contribution is 0.356. The van der Waals surface area contributed by atoms with Gasteiger partial charge in [-0.2, -0.15) is 0 Å². The molecule has 1 rings (SSSR count). The van der Waals surface area contributed by atoms with E-state index in [4.69, 9.17) is 15.2 Å². The fourth-order valence-corrected chi connectivity index (χ4v) is 1.41. The molecule has 0 aliphatic carbocycles. The number of rotatable bonds is 6. The zero-order valence-electron chi connectivity index (χ0n) is 9.90. The first-order chi connectivity index (χ1) is 7.81. The van der Waals surface area contributed by atoms with E-state index in [2.05, 4.69) is 0 Å². The Kier molecular flexibility index (Phi) is 5.43. The summed E-state index contributed by atoms with van der Waals surface area (Å²) < 4.78 is 10.8. The number of benzene rings is 1. The molecular weight excluding hydrogens is 202 g/mol. The molecule has 0 radical (unpaired) electrons. The fourth-order valence-electron chi connectivity index (χ4n) is 1.41. The Bertz CT molecular complexity index is 348. The van der Waals surface area contributed by atoms with E-state index in [1.54, 1.807) is 7.11 Å². The molecule has 0 saturated heterocycles. The third-order valence-corrected chi connectivity index (χ3v) is 2.25. The SMILES string of the molecule is C/C=C/COc1ccc(OC)cc1CCN. The standard InChI is InChI=1S/C13H19NO2/c1-3-4-9-16-13-6-5-12(15-2)10-11(13)7-8-14/h3-6,10H,7-9,14H2,1-2H3/b4-3+. The molecule has 2 N–H and O–H groups in total. The predicted octanol–water partition coefficient (Wildman–Crippen LogP) is 2.15. The monoisotopic (exact) mass is 221 g/mol. The van der Waals surface area contributed by atoms with Crippen molar-refractivity contribution >= 4 is 0 Å². The van der Waals surface area contributed by atoms with E-state index in [0.29, 0.717) is 13.2 Å². The van der Waals surface area contributed by atoms with Crippen molar-refractivity contribution in [2.75, 3.05) is 20.3 Å². The highest BCUT2D eigenvalue weighted by atomic mass is 16.5. The summed E-state index contributed by atoms with van der Waals surface area (Å²) in [7, 11) is 1.65. The molecule has 0 heterocycles. The summed E-state index contributed by atoms with van der Waals surface area (Å²) in [6, 6.07) is 5.79. The second-order valence-electron chi connectivity index (χ2n) is 3.39. The summed E-state index contributed by atoms with van der Waals surface area (Å²) in [6.07, 6.45) is 4.73. The Labute approximate surface area is 96.9 Å². The molecule has 0 aliphatic rings. The number of hydrogen-bond acceptors (Lipinski definition) is 3. The molecule has 88 valence electrons. The van der Waals surface area contributed by atoms with Gasteiger partial charge in [0.1, 0.15) is 18.1 Å². The van der Waals surface area contributed by atoms with Gasteiger partial charge in [-0.05, 0) is 43.7 Å². The van der Waals surface area contributed by atoms with Gasteiger partial charge in [-0.15, -0.1) is 0 Å². The average molecular weight is 221 g/mol. The quantitative estimate of drug-likeness (QED) is 0.749. The fraction of sp³-hybridized carbons (Fsp3) is 0.385. The van der Waals surface area contributed by atoms with Crippen LogP contribution in [-0.2, 0) is 6.42 Å². The van der Waals surface area contributed by atoms with Crippen LogP contribution in [0.4, 0.5) is 0 Å². The van der Waals surface area contributed by atoms with Gasteiger partial charge in [0, 0.05) is 0 Å². The van der Waals surface area contributed by atoms with Gasteiger partial charge in [-0.25, -0.2) is 0 Å². The van der Waals surface area contributed by atoms with Gasteiger partial charge in [0.25, 0.3) is 0 Å². The molecule has 3 heteroatoms. The minimum absolute atomic E-state index is 0.584. The molecule has 0 bridgehead atoms. The smallest absolute Gasteiger partial charge is 0.123 e. The first-order valence-corrected chi connectivity index (χ1v) is 5.42. The topological polar surface area (TPSA) is 44.5 Å². The third-order valence-electron chi connectivity index (χ3n) is 2.25. The van der Waals surface area contributed by atoms with Gasteiger partial charge in [-0.3, -0.25) is 0 Å². The van der Waals surface area contributed by atoms with Gasteiger partial charge >= 0.3 is 0 Å². The van der Waals surface area contributed by atoms with E-state index < -0.39 is 0 Å². The summed E-state index contributed by atoms with van der Waals surface area (Å²) >= 11 is 0. The van der Waals surface area contributed by atoms with Crippen LogP contribution in [0.3, 0.4) is 0 Å². The molecule has 0 unspecified atom stereocenters. The van der Waals surface area contributed by atoms with Gasteiger partial charge in [0.15, 0.2) is 0 Å². The largest absolute Gasteiger partial charge is 0.497 e. The molecule has 0 fully saturated rings. The van der Waals surface area contributed by atoms with Crippen LogP contribution in [0.15, 0.2) is 30.4 Å². The number of nitrogens with two attached hydrogens (primary N) is 1. The summed E-state index contributed by atoms with van der Waals surface area (Å²) in [5.74, 6) is 1.71. The second-order valence-corrected chi connectivity index (χ2v) is 3.39. The van der Waals surface area contributed by atoms with Crippen molar-refractivity contribution in [2.45, 2.75) is 13.3 Å². The van der Waals surface area contributed by atoms with Crippen molar-refractivity contribution in [2.24, 2.45) is 5.73 Å². The lowest BCUT2D eigenvalue weighted by Crippen LogP contribution is -2.05. The molecule has 0 atom stereocenters. The van der Waals surface area contributed by atoms with Crippen LogP contribution in [-0.4, -0.2) is 20.3 Å². The summed E-state index contributed by atoms with van der Waals surface area (Å²) in [5, 5.41) is 0. The average Bonchev–Trinajstić information content (AvgIpc) is 2.31. The molecule has 1 aromatic carbocycles. The van der Waals surface area contributed by atoms with E-state index in [9.17, 15) is 0 Å². The molecule has 16 heavy (non-hydrogen) atoms. The van der Waals surface area contributed by atoms with Gasteiger partial charge in [0.05, 0.1) is 7.11 Å². The van der Waals surface area contributed by atoms with E-state index in [0.717, 1.165) is 23.5 Å². The van der Waals surface area contributed by atoms with Crippen LogP contribution >= 0.6 is 0 Å². The summed E-state index contributed by atoms with van der Waals surface area (Å²) in [6.45, 7) is 3.16. The maximum atomic E-state index is 5.63. The maximum absolute atomic E-state index is 5.63. The van der Waals surface area contributed by atoms with Crippen LogP contribution in [0, 0.1) is 0 Å². The van der Waals surface area contributed by atoms with Crippen molar-refractivity contribution in [3.05, 3.63) is 35.9 Å². The summed E-state index contributed by atoms with van der Waals surface area (Å²) in [5.41, 5.74) is 6.65. The maximum Gasteiger partial charge on any atom is 0.123 e. The van der Waals surface area contributed by atoms with Crippen molar-refractivity contribution in [1.29, 1.82) is 0 Å². The molecule has 3 nitrogen and oxygen atoms in total. The Morgan fingerprint density at radius 3 is 2.81 bits per heavy atom. The molecule has 0 amide bonds. The van der Waals surface area contributed by atoms with Crippen molar-refractivity contribution in [3.8, 4) is 11.5 Å². The highest BCUT2D eigenvalue weighted by Gasteiger charge is 2.04. The van der Waals surface area contributed by atoms with E-state index in [1.165, 1.54) is 0 Å². The van der Waals surface area contributed by atoms with Crippen LogP contribution in [0.5, 0.6) is 11.5 Å². The number of methoxy groups -OCH3 is 1. The van der Waals surface area contributed by atoms with Crippen molar-refractivity contribution in [1.82, 2.24) is 0 Å². The highest BCUT2D eigenvalue weighted by Crippen LogP contribution is 2.24. The van der Waals surface area contributed by atoms with Crippen molar-refractivity contribution in [3.63, 3.8) is 0 Å². The zero-order valence-corrected chi connectivity index (χ0v) is 9.90. The second kappa shape index (κ2) is 6.90. The molecular formula is C13H19NO2. The predicted molar refractivity (Wildman–Crippen MR) is 66.1 cm³/mol. The first-order valence-electron chi connectivity index (χ1n) is 5.42. The van der Waals surface area contributed by atoms with E-state index >= 15 is 0 Å². The van der Waals surface area contributed by atoms with Gasteiger partial charge in [-0.1, -0.05) is 12.2 Å². The van der Waals surface area contributed by atoms with Crippen LogP contribution in [0.1, 0.15) is 12.5 Å². The number of allylic oxidation sites excluding steroid dienone is 1. The molecule has 0 aromatic heterocycles. The first kappa shape index (κ1) is 12.6. The van der Waals surface area contributed by atoms with E-state index in [-0.39, 0.29) is 0 Å².